The fourth-order valence-electron chi connectivity index (χ4n) is 3.21. The van der Waals surface area contributed by atoms with Crippen LogP contribution < -0.4 is 5.32 Å². The fraction of sp³-hybridized carbons (Fsp3) is 0.500. The van der Waals surface area contributed by atoms with E-state index >= 15 is 0 Å². The van der Waals surface area contributed by atoms with Gasteiger partial charge in [-0.25, -0.2) is 0 Å². The summed E-state index contributed by atoms with van der Waals surface area (Å²) in [5.74, 6) is 0.434. The smallest absolute Gasteiger partial charge is 0.273 e. The van der Waals surface area contributed by atoms with Crippen LogP contribution in [0, 0.1) is 23.0 Å². The first-order valence-corrected chi connectivity index (χ1v) is 6.84. The minimum Gasteiger partial charge on any atom is -0.334 e. The number of likely N-dealkylation sites (tertiary alicyclic amines) is 1. The van der Waals surface area contributed by atoms with Crippen LogP contribution in [0.5, 0.6) is 0 Å². The molecule has 20 heavy (non-hydrogen) atoms. The van der Waals surface area contributed by atoms with E-state index in [9.17, 15) is 14.9 Å². The Hall–Kier alpha value is -1.95. The first-order valence-electron chi connectivity index (χ1n) is 6.84. The molecule has 0 aliphatic carbocycles. The number of nitro groups is 1. The normalized spacial score (nSPS) is 24.8. The van der Waals surface area contributed by atoms with E-state index in [4.69, 9.17) is 0 Å². The van der Waals surface area contributed by atoms with Crippen LogP contribution in [0.3, 0.4) is 0 Å². The van der Waals surface area contributed by atoms with Crippen molar-refractivity contribution in [3.8, 4) is 0 Å². The van der Waals surface area contributed by atoms with Crippen molar-refractivity contribution in [1.29, 1.82) is 0 Å². The number of hydrogen-bond donors (Lipinski definition) is 1. The van der Waals surface area contributed by atoms with E-state index in [0.717, 1.165) is 26.1 Å². The van der Waals surface area contributed by atoms with Crippen molar-refractivity contribution in [3.05, 3.63) is 39.4 Å². The highest BCUT2D eigenvalue weighted by Gasteiger charge is 2.40. The van der Waals surface area contributed by atoms with Crippen molar-refractivity contribution >= 4 is 11.6 Å². The first kappa shape index (κ1) is 13.1. The summed E-state index contributed by atoms with van der Waals surface area (Å²) in [6, 6.07) is 4.96. The van der Waals surface area contributed by atoms with E-state index < -0.39 is 4.92 Å². The summed E-state index contributed by atoms with van der Waals surface area (Å²) in [4.78, 5) is 24.9. The lowest BCUT2D eigenvalue weighted by atomic mass is 10.0. The van der Waals surface area contributed by atoms with Crippen molar-refractivity contribution < 1.29 is 9.72 Å². The molecule has 2 fully saturated rings. The molecular formula is C14H17N3O3. The van der Waals surface area contributed by atoms with Gasteiger partial charge in [0.15, 0.2) is 0 Å². The van der Waals surface area contributed by atoms with E-state index in [1.807, 2.05) is 4.90 Å². The predicted octanol–water partition coefficient (Wildman–Crippen LogP) is 1.34. The van der Waals surface area contributed by atoms with Gasteiger partial charge in [-0.2, -0.15) is 0 Å². The quantitative estimate of drug-likeness (QED) is 0.652. The van der Waals surface area contributed by atoms with Crippen LogP contribution >= 0.6 is 0 Å². The second-order valence-electron chi connectivity index (χ2n) is 5.53. The highest BCUT2D eigenvalue weighted by atomic mass is 16.6. The minimum atomic E-state index is -0.435. The van der Waals surface area contributed by atoms with Crippen molar-refractivity contribution in [1.82, 2.24) is 10.2 Å². The van der Waals surface area contributed by atoms with E-state index in [1.54, 1.807) is 19.1 Å². The fourth-order valence-corrected chi connectivity index (χ4v) is 3.21. The van der Waals surface area contributed by atoms with Crippen molar-refractivity contribution in [2.45, 2.75) is 19.4 Å². The molecule has 1 amide bonds. The number of fused-ring (bicyclic) bond motifs is 1. The molecule has 0 unspecified atom stereocenters. The molecule has 2 atom stereocenters. The van der Waals surface area contributed by atoms with Crippen molar-refractivity contribution in [2.75, 3.05) is 19.6 Å². The predicted molar refractivity (Wildman–Crippen MR) is 73.6 cm³/mol. The molecule has 2 saturated heterocycles. The number of hydrogen-bond acceptors (Lipinski definition) is 4. The maximum Gasteiger partial charge on any atom is 0.273 e. The van der Waals surface area contributed by atoms with Crippen LogP contribution in [0.25, 0.3) is 0 Å². The standard InChI is InChI=1S/C14H17N3O3/c1-9-2-3-10(6-12(9)17(19)20)14(18)16-5-4-11-7-15-8-13(11)16/h2-3,6,11,13,15H,4-5,7-8H2,1H3/t11-,13+/m0/s1. The van der Waals surface area contributed by atoms with Gasteiger partial charge in [-0.15, -0.1) is 0 Å². The third-order valence-corrected chi connectivity index (χ3v) is 4.36. The van der Waals surface area contributed by atoms with Crippen LogP contribution in [0.4, 0.5) is 5.69 Å². The van der Waals surface area contributed by atoms with Gasteiger partial charge in [0.1, 0.15) is 0 Å². The van der Waals surface area contributed by atoms with Gasteiger partial charge in [0.05, 0.1) is 4.92 Å². The van der Waals surface area contributed by atoms with E-state index in [-0.39, 0.29) is 17.6 Å². The monoisotopic (exact) mass is 275 g/mol. The number of carbonyl (C=O) groups excluding carboxylic acids is 1. The molecule has 6 nitrogen and oxygen atoms in total. The Morgan fingerprint density at radius 3 is 3.00 bits per heavy atom. The van der Waals surface area contributed by atoms with Gasteiger partial charge in [0, 0.05) is 42.9 Å². The molecule has 1 N–H and O–H groups in total. The van der Waals surface area contributed by atoms with Gasteiger partial charge in [-0.1, -0.05) is 6.07 Å². The van der Waals surface area contributed by atoms with Gasteiger partial charge in [0.2, 0.25) is 0 Å². The molecule has 1 aromatic rings. The number of benzene rings is 1. The van der Waals surface area contributed by atoms with Crippen molar-refractivity contribution in [3.63, 3.8) is 0 Å². The Bertz CT molecular complexity index is 573. The minimum absolute atomic E-state index is 0.0103. The molecule has 2 aliphatic heterocycles. The lowest BCUT2D eigenvalue weighted by molar-refractivity contribution is -0.385. The Balaban J connectivity index is 1.87. The number of nitro benzene ring substituents is 1. The molecule has 0 aromatic heterocycles. The Labute approximate surface area is 116 Å². The summed E-state index contributed by atoms with van der Waals surface area (Å²) < 4.78 is 0. The topological polar surface area (TPSA) is 75.5 Å². The number of carbonyl (C=O) groups is 1. The molecule has 1 aromatic carbocycles. The highest BCUT2D eigenvalue weighted by Crippen LogP contribution is 2.29. The van der Waals surface area contributed by atoms with Crippen LogP contribution in [-0.4, -0.2) is 41.4 Å². The van der Waals surface area contributed by atoms with Gasteiger partial charge in [0.25, 0.3) is 11.6 Å². The van der Waals surface area contributed by atoms with Crippen LogP contribution in [0.15, 0.2) is 18.2 Å². The first-order chi connectivity index (χ1) is 9.58. The van der Waals surface area contributed by atoms with Crippen LogP contribution in [0.2, 0.25) is 0 Å². The Morgan fingerprint density at radius 2 is 2.25 bits per heavy atom. The lowest BCUT2D eigenvalue weighted by Gasteiger charge is -2.23. The Kier molecular flexibility index (Phi) is 3.17. The summed E-state index contributed by atoms with van der Waals surface area (Å²) in [5, 5.41) is 14.3. The number of nitrogens with one attached hydrogen (secondary N) is 1. The number of rotatable bonds is 2. The number of aryl methyl sites for hydroxylation is 1. The third-order valence-electron chi connectivity index (χ3n) is 4.36. The molecule has 0 spiro atoms. The zero-order chi connectivity index (χ0) is 14.3. The molecule has 0 radical (unpaired) electrons. The SMILES string of the molecule is Cc1ccc(C(=O)N2CC[C@H]3CNC[C@H]32)cc1[N+](=O)[O-]. The van der Waals surface area contributed by atoms with E-state index in [1.165, 1.54) is 6.07 Å². The van der Waals surface area contributed by atoms with Crippen molar-refractivity contribution in [2.24, 2.45) is 5.92 Å². The van der Waals surface area contributed by atoms with Gasteiger partial charge >= 0.3 is 0 Å². The zero-order valence-electron chi connectivity index (χ0n) is 11.3. The largest absolute Gasteiger partial charge is 0.334 e. The summed E-state index contributed by atoms with van der Waals surface area (Å²) in [6.07, 6.45) is 1.01. The molecule has 3 rings (SSSR count). The molecule has 0 saturated carbocycles. The van der Waals surface area contributed by atoms with Gasteiger partial charge < -0.3 is 10.2 Å². The van der Waals surface area contributed by atoms with Crippen LogP contribution in [0.1, 0.15) is 22.3 Å². The van der Waals surface area contributed by atoms with E-state index in [2.05, 4.69) is 5.32 Å². The van der Waals surface area contributed by atoms with Gasteiger partial charge in [-0.05, 0) is 25.3 Å². The number of nitrogens with zero attached hydrogens (tertiary/aromatic N) is 2. The summed E-state index contributed by atoms with van der Waals surface area (Å²) >= 11 is 0. The summed E-state index contributed by atoms with van der Waals surface area (Å²) in [5.41, 5.74) is 0.999. The zero-order valence-corrected chi connectivity index (χ0v) is 11.3. The molecule has 6 heteroatoms. The highest BCUT2D eigenvalue weighted by molar-refractivity contribution is 5.95. The maximum atomic E-state index is 12.6. The second kappa shape index (κ2) is 4.86. The third kappa shape index (κ3) is 2.06. The van der Waals surface area contributed by atoms with Gasteiger partial charge in [-0.3, -0.25) is 14.9 Å². The summed E-state index contributed by atoms with van der Waals surface area (Å²) in [6.45, 7) is 4.21. The average Bonchev–Trinajstić information content (AvgIpc) is 3.00. The van der Waals surface area contributed by atoms with Crippen LogP contribution in [-0.2, 0) is 0 Å². The molecular weight excluding hydrogens is 258 g/mol. The molecule has 2 heterocycles. The molecule has 0 bridgehead atoms. The summed E-state index contributed by atoms with van der Waals surface area (Å²) in [7, 11) is 0. The molecule has 2 aliphatic rings. The Morgan fingerprint density at radius 1 is 1.45 bits per heavy atom. The molecule has 106 valence electrons. The second-order valence-corrected chi connectivity index (χ2v) is 5.53. The average molecular weight is 275 g/mol. The van der Waals surface area contributed by atoms with E-state index in [0.29, 0.717) is 17.0 Å². The lowest BCUT2D eigenvalue weighted by Crippen LogP contribution is -2.39. The maximum absolute atomic E-state index is 12.6. The number of amides is 1.